The Bertz CT molecular complexity index is 909. The second kappa shape index (κ2) is 8.29. The van der Waals surface area contributed by atoms with Crippen LogP contribution in [-0.4, -0.2) is 42.7 Å². The molecule has 0 radical (unpaired) electrons. The van der Waals surface area contributed by atoms with Crippen LogP contribution in [0.15, 0.2) is 46.8 Å². The van der Waals surface area contributed by atoms with Crippen LogP contribution in [0, 0.1) is 0 Å². The topological polar surface area (TPSA) is 36.4 Å². The molecule has 0 saturated heterocycles. The second-order valence-corrected chi connectivity index (χ2v) is 8.88. The van der Waals surface area contributed by atoms with Crippen molar-refractivity contribution in [2.75, 3.05) is 31.8 Å². The fourth-order valence-corrected chi connectivity index (χ4v) is 4.59. The first-order chi connectivity index (χ1) is 12.4. The molecular weight excluding hydrogens is 386 g/mol. The van der Waals surface area contributed by atoms with Crippen molar-refractivity contribution in [2.45, 2.75) is 10.9 Å². The molecule has 3 aromatic rings. The number of anilines is 1. The largest absolute Gasteiger partial charge is 0.378 e. The third-order valence-electron chi connectivity index (χ3n) is 3.95. The maximum absolute atomic E-state index is 12.4. The maximum Gasteiger partial charge on any atom is 0.233 e. The molecule has 0 aliphatic carbocycles. The van der Waals surface area contributed by atoms with Crippen molar-refractivity contribution in [2.24, 2.45) is 0 Å². The Balaban J connectivity index is 1.56. The van der Waals surface area contributed by atoms with E-state index < -0.39 is 0 Å². The van der Waals surface area contributed by atoms with Gasteiger partial charge in [-0.2, -0.15) is 0 Å². The number of fused-ring (bicyclic) bond motifs is 1. The Morgan fingerprint density at radius 1 is 1.15 bits per heavy atom. The van der Waals surface area contributed by atoms with Crippen LogP contribution in [0.4, 0.5) is 5.69 Å². The average Bonchev–Trinajstić information content (AvgIpc) is 3.02. The van der Waals surface area contributed by atoms with E-state index in [0.717, 1.165) is 25.8 Å². The molecule has 0 aliphatic rings. The lowest BCUT2D eigenvalue weighted by Gasteiger charge is -2.18. The molecule has 1 amide bonds. The number of carbonyl (C=O) groups excluding carboxylic acids is 1. The van der Waals surface area contributed by atoms with E-state index in [4.69, 9.17) is 11.6 Å². The molecule has 0 spiro atoms. The van der Waals surface area contributed by atoms with Gasteiger partial charge in [-0.05, 0) is 35.9 Å². The third kappa shape index (κ3) is 4.69. The highest BCUT2D eigenvalue weighted by Crippen LogP contribution is 2.31. The predicted octanol–water partition coefficient (Wildman–Crippen LogP) is 4.77. The summed E-state index contributed by atoms with van der Waals surface area (Å²) in [6.07, 6.45) is 0. The van der Waals surface area contributed by atoms with E-state index in [-0.39, 0.29) is 5.91 Å². The number of halogens is 1. The number of hydrogen-bond acceptors (Lipinski definition) is 5. The summed E-state index contributed by atoms with van der Waals surface area (Å²) in [5, 5.41) is 0.676. The fourth-order valence-electron chi connectivity index (χ4n) is 2.44. The monoisotopic (exact) mass is 405 g/mol. The molecular formula is C19H20ClN3OS2. The zero-order valence-electron chi connectivity index (χ0n) is 14.9. The fraction of sp³-hybridized carbons (Fsp3) is 0.263. The summed E-state index contributed by atoms with van der Waals surface area (Å²) in [6, 6.07) is 13.9. The number of nitrogens with zero attached hydrogens (tertiary/aromatic N) is 3. The van der Waals surface area contributed by atoms with E-state index in [1.807, 2.05) is 39.3 Å². The van der Waals surface area contributed by atoms with Gasteiger partial charge < -0.3 is 9.80 Å². The Morgan fingerprint density at radius 2 is 1.88 bits per heavy atom. The zero-order valence-corrected chi connectivity index (χ0v) is 17.3. The second-order valence-electron chi connectivity index (χ2n) is 6.19. The number of thioether (sulfide) groups is 1. The highest BCUT2D eigenvalue weighted by molar-refractivity contribution is 8.01. The minimum absolute atomic E-state index is 0.0870. The molecule has 0 N–H and O–H groups in total. The van der Waals surface area contributed by atoms with Gasteiger partial charge in [0.15, 0.2) is 4.34 Å². The molecule has 136 valence electrons. The van der Waals surface area contributed by atoms with Crippen LogP contribution in [0.3, 0.4) is 0 Å². The quantitative estimate of drug-likeness (QED) is 0.553. The lowest BCUT2D eigenvalue weighted by molar-refractivity contribution is -0.127. The minimum atomic E-state index is 0.0870. The molecule has 0 saturated carbocycles. The molecule has 0 fully saturated rings. The third-order valence-corrected chi connectivity index (χ3v) is 6.35. The Hall–Kier alpha value is -1.76. The molecule has 1 aromatic heterocycles. The van der Waals surface area contributed by atoms with Gasteiger partial charge in [0.05, 0.1) is 16.0 Å². The zero-order chi connectivity index (χ0) is 18.7. The molecule has 0 bridgehead atoms. The van der Waals surface area contributed by atoms with Crippen LogP contribution in [0.5, 0.6) is 0 Å². The van der Waals surface area contributed by atoms with Gasteiger partial charge in [-0.1, -0.05) is 35.5 Å². The Morgan fingerprint density at radius 3 is 2.58 bits per heavy atom. The molecule has 3 rings (SSSR count). The summed E-state index contributed by atoms with van der Waals surface area (Å²) in [7, 11) is 5.86. The SMILES string of the molecule is CN(Cc1ccc(N(C)C)cc1)C(=O)CSc1nc2cc(Cl)ccc2s1. The first-order valence-corrected chi connectivity index (χ1v) is 10.3. The number of benzene rings is 2. The first-order valence-electron chi connectivity index (χ1n) is 8.11. The standard InChI is InChI=1S/C19H20ClN3OS2/c1-22(2)15-7-4-13(5-8-15)11-23(3)18(24)12-25-19-21-16-10-14(20)6-9-17(16)26-19/h4-10H,11-12H2,1-3H3. The summed E-state index contributed by atoms with van der Waals surface area (Å²) < 4.78 is 1.97. The van der Waals surface area contributed by atoms with E-state index in [0.29, 0.717) is 17.3 Å². The van der Waals surface area contributed by atoms with Crippen LogP contribution >= 0.6 is 34.7 Å². The number of amides is 1. The summed E-state index contributed by atoms with van der Waals surface area (Å²) in [5.41, 5.74) is 3.15. The first kappa shape index (κ1) is 19.0. The van der Waals surface area contributed by atoms with Gasteiger partial charge in [-0.3, -0.25) is 4.79 Å². The molecule has 4 nitrogen and oxygen atoms in total. The van der Waals surface area contributed by atoms with Gasteiger partial charge >= 0.3 is 0 Å². The molecule has 1 heterocycles. The van der Waals surface area contributed by atoms with Crippen LogP contribution < -0.4 is 4.90 Å². The lowest BCUT2D eigenvalue weighted by Crippen LogP contribution is -2.27. The smallest absolute Gasteiger partial charge is 0.233 e. The Kier molecular flexibility index (Phi) is 6.06. The van der Waals surface area contributed by atoms with Crippen LogP contribution in [-0.2, 0) is 11.3 Å². The highest BCUT2D eigenvalue weighted by Gasteiger charge is 2.12. The van der Waals surface area contributed by atoms with Crippen LogP contribution in [0.1, 0.15) is 5.56 Å². The Labute approximate surface area is 166 Å². The molecule has 0 aliphatic heterocycles. The van der Waals surface area contributed by atoms with Crippen molar-refractivity contribution < 1.29 is 4.79 Å². The number of aromatic nitrogens is 1. The summed E-state index contributed by atoms with van der Waals surface area (Å²) >= 11 is 9.05. The molecule has 2 aromatic carbocycles. The van der Waals surface area contributed by atoms with Gasteiger partial charge in [-0.25, -0.2) is 4.98 Å². The summed E-state index contributed by atoms with van der Waals surface area (Å²) in [5.74, 6) is 0.462. The van der Waals surface area contributed by atoms with E-state index >= 15 is 0 Å². The van der Waals surface area contributed by atoms with Gasteiger partial charge in [-0.15, -0.1) is 11.3 Å². The van der Waals surface area contributed by atoms with Crippen molar-refractivity contribution in [3.05, 3.63) is 53.1 Å². The van der Waals surface area contributed by atoms with Gasteiger partial charge in [0.1, 0.15) is 0 Å². The minimum Gasteiger partial charge on any atom is -0.378 e. The normalized spacial score (nSPS) is 10.9. The van der Waals surface area contributed by atoms with E-state index in [1.165, 1.54) is 11.8 Å². The molecule has 0 atom stereocenters. The van der Waals surface area contributed by atoms with Gasteiger partial charge in [0.25, 0.3) is 0 Å². The number of carbonyl (C=O) groups is 1. The average molecular weight is 406 g/mol. The lowest BCUT2D eigenvalue weighted by atomic mass is 10.2. The summed E-state index contributed by atoms with van der Waals surface area (Å²) in [4.78, 5) is 20.8. The van der Waals surface area contributed by atoms with E-state index in [9.17, 15) is 4.79 Å². The number of hydrogen-bond donors (Lipinski definition) is 0. The van der Waals surface area contributed by atoms with Crippen molar-refractivity contribution in [1.82, 2.24) is 9.88 Å². The van der Waals surface area contributed by atoms with Gasteiger partial charge in [0.2, 0.25) is 5.91 Å². The van der Waals surface area contributed by atoms with Gasteiger partial charge in [0, 0.05) is 38.4 Å². The highest BCUT2D eigenvalue weighted by atomic mass is 35.5. The summed E-state index contributed by atoms with van der Waals surface area (Å²) in [6.45, 7) is 0.600. The van der Waals surface area contributed by atoms with E-state index in [2.05, 4.69) is 34.1 Å². The van der Waals surface area contributed by atoms with Crippen molar-refractivity contribution in [3.8, 4) is 0 Å². The molecule has 26 heavy (non-hydrogen) atoms. The predicted molar refractivity (Wildman–Crippen MR) is 113 cm³/mol. The van der Waals surface area contributed by atoms with Crippen molar-refractivity contribution in [1.29, 1.82) is 0 Å². The molecule has 7 heteroatoms. The number of thiazole rings is 1. The van der Waals surface area contributed by atoms with Crippen molar-refractivity contribution in [3.63, 3.8) is 0 Å². The maximum atomic E-state index is 12.4. The van der Waals surface area contributed by atoms with Crippen LogP contribution in [0.2, 0.25) is 5.02 Å². The van der Waals surface area contributed by atoms with E-state index in [1.54, 1.807) is 16.2 Å². The number of rotatable bonds is 6. The van der Waals surface area contributed by atoms with Crippen LogP contribution in [0.25, 0.3) is 10.2 Å². The molecule has 0 unspecified atom stereocenters. The van der Waals surface area contributed by atoms with Crippen molar-refractivity contribution >= 4 is 56.5 Å².